The molecule has 0 bridgehead atoms. The monoisotopic (exact) mass is 255 g/mol. The quantitative estimate of drug-likeness (QED) is 0.707. The van der Waals surface area contributed by atoms with Crippen LogP contribution in [0.4, 0.5) is 4.79 Å². The molecule has 1 fully saturated rings. The summed E-state index contributed by atoms with van der Waals surface area (Å²) in [6.07, 6.45) is 3.38. The molecule has 0 spiro atoms. The van der Waals surface area contributed by atoms with E-state index in [0.717, 1.165) is 13.0 Å². The standard InChI is InChI=1S/C15H29NO2/c1-11(2)13-9-7-8-12(3)10-16(13)14(17)18-15(4,5)6/h11-13H,7-10H2,1-6H3. The highest BCUT2D eigenvalue weighted by atomic mass is 16.6. The third kappa shape index (κ3) is 4.51. The van der Waals surface area contributed by atoms with Crippen LogP contribution in [0.15, 0.2) is 0 Å². The van der Waals surface area contributed by atoms with Crippen LogP contribution in [0.5, 0.6) is 0 Å². The predicted octanol–water partition coefficient (Wildman–Crippen LogP) is 4.07. The second-order valence-corrected chi connectivity index (χ2v) is 6.98. The maximum Gasteiger partial charge on any atom is 0.410 e. The summed E-state index contributed by atoms with van der Waals surface area (Å²) < 4.78 is 5.55. The van der Waals surface area contributed by atoms with Crippen molar-refractivity contribution in [2.24, 2.45) is 11.8 Å². The number of amides is 1. The highest BCUT2D eigenvalue weighted by Gasteiger charge is 2.32. The van der Waals surface area contributed by atoms with Crippen LogP contribution >= 0.6 is 0 Å². The van der Waals surface area contributed by atoms with Crippen LogP contribution < -0.4 is 0 Å². The molecule has 0 N–H and O–H groups in total. The molecule has 0 aromatic heterocycles. The van der Waals surface area contributed by atoms with Gasteiger partial charge in [0, 0.05) is 12.6 Å². The van der Waals surface area contributed by atoms with E-state index in [2.05, 4.69) is 20.8 Å². The van der Waals surface area contributed by atoms with Crippen molar-refractivity contribution >= 4 is 6.09 Å². The molecule has 2 unspecified atom stereocenters. The molecular formula is C15H29NO2. The first-order valence-electron chi connectivity index (χ1n) is 7.20. The highest BCUT2D eigenvalue weighted by molar-refractivity contribution is 5.68. The van der Waals surface area contributed by atoms with Crippen LogP contribution in [0.3, 0.4) is 0 Å². The molecule has 106 valence electrons. The second-order valence-electron chi connectivity index (χ2n) is 6.98. The maximum absolute atomic E-state index is 12.3. The van der Waals surface area contributed by atoms with Gasteiger partial charge in [-0.2, -0.15) is 0 Å². The van der Waals surface area contributed by atoms with Crippen molar-refractivity contribution in [3.05, 3.63) is 0 Å². The Morgan fingerprint density at radius 2 is 1.89 bits per heavy atom. The van der Waals surface area contributed by atoms with E-state index in [-0.39, 0.29) is 6.09 Å². The number of likely N-dealkylation sites (tertiary alicyclic amines) is 1. The summed E-state index contributed by atoms with van der Waals surface area (Å²) in [4.78, 5) is 14.3. The zero-order valence-electron chi connectivity index (χ0n) is 12.8. The Balaban J connectivity index is 2.80. The minimum atomic E-state index is -0.409. The number of carbonyl (C=O) groups excluding carboxylic acids is 1. The van der Waals surface area contributed by atoms with Crippen molar-refractivity contribution in [1.29, 1.82) is 0 Å². The summed E-state index contributed by atoms with van der Waals surface area (Å²) in [5.41, 5.74) is -0.409. The van der Waals surface area contributed by atoms with E-state index in [1.54, 1.807) is 0 Å². The van der Waals surface area contributed by atoms with Crippen molar-refractivity contribution in [3.8, 4) is 0 Å². The largest absolute Gasteiger partial charge is 0.444 e. The van der Waals surface area contributed by atoms with E-state index in [9.17, 15) is 4.79 Å². The first-order valence-corrected chi connectivity index (χ1v) is 7.20. The predicted molar refractivity (Wildman–Crippen MR) is 74.6 cm³/mol. The van der Waals surface area contributed by atoms with E-state index in [1.165, 1.54) is 12.8 Å². The molecule has 0 aromatic carbocycles. The number of hydrogen-bond donors (Lipinski definition) is 0. The van der Waals surface area contributed by atoms with Gasteiger partial charge in [0.15, 0.2) is 0 Å². The van der Waals surface area contributed by atoms with Gasteiger partial charge < -0.3 is 9.64 Å². The summed E-state index contributed by atoms with van der Waals surface area (Å²) in [5, 5.41) is 0. The fourth-order valence-electron chi connectivity index (χ4n) is 2.62. The molecule has 2 atom stereocenters. The van der Waals surface area contributed by atoms with Crippen molar-refractivity contribution in [3.63, 3.8) is 0 Å². The third-order valence-electron chi connectivity index (χ3n) is 3.50. The molecule has 0 saturated carbocycles. The lowest BCUT2D eigenvalue weighted by molar-refractivity contribution is 0.00945. The average molecular weight is 255 g/mol. The molecule has 0 aromatic rings. The minimum Gasteiger partial charge on any atom is -0.444 e. The lowest BCUT2D eigenvalue weighted by atomic mass is 9.98. The normalized spacial score (nSPS) is 26.1. The number of hydrogen-bond acceptors (Lipinski definition) is 2. The molecule has 1 amide bonds. The topological polar surface area (TPSA) is 29.5 Å². The van der Waals surface area contributed by atoms with Crippen LogP contribution in [0.2, 0.25) is 0 Å². The Kier molecular flexibility index (Phi) is 5.06. The molecule has 1 aliphatic heterocycles. The first kappa shape index (κ1) is 15.3. The van der Waals surface area contributed by atoms with Gasteiger partial charge in [0.1, 0.15) is 5.60 Å². The minimum absolute atomic E-state index is 0.144. The van der Waals surface area contributed by atoms with E-state index in [0.29, 0.717) is 17.9 Å². The van der Waals surface area contributed by atoms with Crippen molar-refractivity contribution < 1.29 is 9.53 Å². The summed E-state index contributed by atoms with van der Waals surface area (Å²) in [6, 6.07) is 0.324. The molecule has 18 heavy (non-hydrogen) atoms. The van der Waals surface area contributed by atoms with Crippen LogP contribution in [-0.4, -0.2) is 29.2 Å². The van der Waals surface area contributed by atoms with E-state index in [4.69, 9.17) is 4.74 Å². The van der Waals surface area contributed by atoms with E-state index < -0.39 is 5.60 Å². The Bertz CT molecular complexity index is 281. The van der Waals surface area contributed by atoms with Gasteiger partial charge in [0.05, 0.1) is 0 Å². The number of rotatable bonds is 1. The summed E-state index contributed by atoms with van der Waals surface area (Å²) in [7, 11) is 0. The van der Waals surface area contributed by atoms with Gasteiger partial charge in [0.2, 0.25) is 0 Å². The van der Waals surface area contributed by atoms with E-state index >= 15 is 0 Å². The molecule has 3 heteroatoms. The van der Waals surface area contributed by atoms with Crippen LogP contribution in [0.1, 0.15) is 60.8 Å². The molecule has 1 aliphatic rings. The lowest BCUT2D eigenvalue weighted by Gasteiger charge is -2.35. The number of nitrogens with zero attached hydrogens (tertiary/aromatic N) is 1. The zero-order chi connectivity index (χ0) is 13.9. The summed E-state index contributed by atoms with van der Waals surface area (Å²) in [6.45, 7) is 13.2. The third-order valence-corrected chi connectivity index (χ3v) is 3.50. The smallest absolute Gasteiger partial charge is 0.410 e. The van der Waals surface area contributed by atoms with Crippen LogP contribution in [0, 0.1) is 11.8 Å². The van der Waals surface area contributed by atoms with Gasteiger partial charge in [0.25, 0.3) is 0 Å². The lowest BCUT2D eigenvalue weighted by Crippen LogP contribution is -2.46. The van der Waals surface area contributed by atoms with Gasteiger partial charge in [-0.25, -0.2) is 4.79 Å². The zero-order valence-corrected chi connectivity index (χ0v) is 12.8. The number of carbonyl (C=O) groups is 1. The van der Waals surface area contributed by atoms with Crippen LogP contribution in [-0.2, 0) is 4.74 Å². The molecule has 1 rings (SSSR count). The Morgan fingerprint density at radius 3 is 2.39 bits per heavy atom. The Morgan fingerprint density at radius 1 is 1.28 bits per heavy atom. The van der Waals surface area contributed by atoms with Crippen molar-refractivity contribution in [1.82, 2.24) is 4.90 Å². The van der Waals surface area contributed by atoms with E-state index in [1.807, 2.05) is 25.7 Å². The highest BCUT2D eigenvalue weighted by Crippen LogP contribution is 2.27. The molecule has 3 nitrogen and oxygen atoms in total. The van der Waals surface area contributed by atoms with Crippen LogP contribution in [0.25, 0.3) is 0 Å². The van der Waals surface area contributed by atoms with Gasteiger partial charge in [-0.3, -0.25) is 0 Å². The summed E-state index contributed by atoms with van der Waals surface area (Å²) >= 11 is 0. The fourth-order valence-corrected chi connectivity index (χ4v) is 2.62. The molecule has 0 radical (unpaired) electrons. The Hall–Kier alpha value is -0.730. The second kappa shape index (κ2) is 5.94. The van der Waals surface area contributed by atoms with Crippen molar-refractivity contribution in [2.75, 3.05) is 6.54 Å². The molecular weight excluding hydrogens is 226 g/mol. The average Bonchev–Trinajstić information content (AvgIpc) is 2.37. The van der Waals surface area contributed by atoms with Gasteiger partial charge in [-0.15, -0.1) is 0 Å². The maximum atomic E-state index is 12.3. The Labute approximate surface area is 112 Å². The SMILES string of the molecule is CC1CCCC(C(C)C)N(C(=O)OC(C)(C)C)C1. The number of ether oxygens (including phenoxy) is 1. The fraction of sp³-hybridized carbons (Fsp3) is 0.933. The van der Waals surface area contributed by atoms with Gasteiger partial charge in [-0.1, -0.05) is 27.2 Å². The van der Waals surface area contributed by atoms with Crippen molar-refractivity contribution in [2.45, 2.75) is 72.4 Å². The van der Waals surface area contributed by atoms with Gasteiger partial charge in [-0.05, 0) is 45.4 Å². The molecule has 1 heterocycles. The van der Waals surface area contributed by atoms with Gasteiger partial charge >= 0.3 is 6.09 Å². The summed E-state index contributed by atoms with van der Waals surface area (Å²) in [5.74, 6) is 1.06. The molecule has 0 aliphatic carbocycles. The first-order chi connectivity index (χ1) is 8.20. The molecule has 1 saturated heterocycles.